The van der Waals surface area contributed by atoms with Crippen LogP contribution in [0.25, 0.3) is 0 Å². The molecule has 0 aliphatic heterocycles. The highest BCUT2D eigenvalue weighted by Gasteiger charge is 2.13. The molecule has 0 aromatic heterocycles. The summed E-state index contributed by atoms with van der Waals surface area (Å²) >= 11 is 0. The minimum atomic E-state index is -3.65. The lowest BCUT2D eigenvalue weighted by molar-refractivity contribution is 0.580. The lowest BCUT2D eigenvalue weighted by atomic mass is 10.2. The van der Waals surface area contributed by atoms with Gasteiger partial charge >= 0.3 is 0 Å². The summed E-state index contributed by atoms with van der Waals surface area (Å²) in [6.45, 7) is 0.130. The van der Waals surface area contributed by atoms with E-state index >= 15 is 0 Å². The molecule has 19 heavy (non-hydrogen) atoms. The Morgan fingerprint density at radius 1 is 1.11 bits per heavy atom. The Labute approximate surface area is 111 Å². The van der Waals surface area contributed by atoms with E-state index in [1.165, 1.54) is 12.1 Å². The summed E-state index contributed by atoms with van der Waals surface area (Å²) in [5, 5.41) is 0. The van der Waals surface area contributed by atoms with Gasteiger partial charge in [-0.15, -0.1) is 0 Å². The molecule has 0 fully saturated rings. The van der Waals surface area contributed by atoms with Gasteiger partial charge in [-0.3, -0.25) is 0 Å². The van der Waals surface area contributed by atoms with Crippen LogP contribution in [0, 0.1) is 5.82 Å². The van der Waals surface area contributed by atoms with E-state index < -0.39 is 15.8 Å². The number of anilines is 1. The molecule has 0 heterocycles. The Morgan fingerprint density at radius 3 is 2.42 bits per heavy atom. The molecule has 2 aromatic carbocycles. The van der Waals surface area contributed by atoms with Gasteiger partial charge in [0.2, 0.25) is 10.0 Å². The predicted molar refractivity (Wildman–Crippen MR) is 71.3 cm³/mol. The minimum absolute atomic E-state index is 0.0257. The molecule has 0 aliphatic carbocycles. The van der Waals surface area contributed by atoms with E-state index in [0.717, 1.165) is 17.7 Å². The number of sulfonamides is 1. The molecule has 0 saturated heterocycles. The van der Waals surface area contributed by atoms with Crippen LogP contribution in [0.4, 0.5) is 10.1 Å². The number of benzene rings is 2. The van der Waals surface area contributed by atoms with Crippen molar-refractivity contribution in [3.8, 4) is 0 Å². The van der Waals surface area contributed by atoms with E-state index in [1.807, 2.05) is 0 Å². The van der Waals surface area contributed by atoms with Crippen LogP contribution in [0.2, 0.25) is 0 Å². The standard InChI is InChI=1S/C13H13FN2O2S/c14-11-4-6-13(7-5-11)19(17,18)16-9-10-2-1-3-12(15)8-10/h1-8,16H,9,15H2. The number of hydrogen-bond donors (Lipinski definition) is 2. The van der Waals surface area contributed by atoms with Crippen LogP contribution in [-0.4, -0.2) is 8.42 Å². The molecule has 0 bridgehead atoms. The summed E-state index contributed by atoms with van der Waals surface area (Å²) in [7, 11) is -3.65. The lowest BCUT2D eigenvalue weighted by Crippen LogP contribution is -2.23. The van der Waals surface area contributed by atoms with Gasteiger partial charge in [-0.25, -0.2) is 17.5 Å². The second-order valence-electron chi connectivity index (χ2n) is 4.02. The van der Waals surface area contributed by atoms with E-state index in [-0.39, 0.29) is 11.4 Å². The van der Waals surface area contributed by atoms with Crippen LogP contribution in [0.15, 0.2) is 53.4 Å². The van der Waals surface area contributed by atoms with Gasteiger partial charge in [-0.2, -0.15) is 0 Å². The van der Waals surface area contributed by atoms with Crippen molar-refractivity contribution in [1.82, 2.24) is 4.72 Å². The molecule has 2 aromatic rings. The lowest BCUT2D eigenvalue weighted by Gasteiger charge is -2.07. The van der Waals surface area contributed by atoms with Crippen molar-refractivity contribution in [3.05, 3.63) is 59.9 Å². The first-order valence-electron chi connectivity index (χ1n) is 5.57. The Bertz CT molecular complexity index is 669. The topological polar surface area (TPSA) is 72.2 Å². The second kappa shape index (κ2) is 5.38. The highest BCUT2D eigenvalue weighted by Crippen LogP contribution is 2.11. The second-order valence-corrected chi connectivity index (χ2v) is 5.79. The van der Waals surface area contributed by atoms with Gasteiger partial charge in [0.1, 0.15) is 5.82 Å². The summed E-state index contributed by atoms with van der Waals surface area (Å²) in [6, 6.07) is 11.6. The largest absolute Gasteiger partial charge is 0.399 e. The average molecular weight is 280 g/mol. The summed E-state index contributed by atoms with van der Waals surface area (Å²) in [4.78, 5) is 0.0257. The van der Waals surface area contributed by atoms with Crippen molar-refractivity contribution in [1.29, 1.82) is 0 Å². The Kier molecular flexibility index (Phi) is 3.82. The van der Waals surface area contributed by atoms with E-state index in [9.17, 15) is 12.8 Å². The van der Waals surface area contributed by atoms with Crippen LogP contribution in [0.1, 0.15) is 5.56 Å². The molecule has 0 atom stereocenters. The van der Waals surface area contributed by atoms with Crippen LogP contribution in [0.3, 0.4) is 0 Å². The summed E-state index contributed by atoms with van der Waals surface area (Å²) in [5.74, 6) is -0.477. The number of hydrogen-bond acceptors (Lipinski definition) is 3. The van der Waals surface area contributed by atoms with E-state index in [1.54, 1.807) is 24.3 Å². The number of nitrogen functional groups attached to an aromatic ring is 1. The molecule has 0 spiro atoms. The summed E-state index contributed by atoms with van der Waals surface area (Å²) < 4.78 is 39.0. The van der Waals surface area contributed by atoms with Gasteiger partial charge in [0, 0.05) is 12.2 Å². The SMILES string of the molecule is Nc1cccc(CNS(=O)(=O)c2ccc(F)cc2)c1. The number of halogens is 1. The highest BCUT2D eigenvalue weighted by molar-refractivity contribution is 7.89. The molecular weight excluding hydrogens is 267 g/mol. The third kappa shape index (κ3) is 3.52. The van der Waals surface area contributed by atoms with Gasteiger partial charge < -0.3 is 5.73 Å². The first-order chi connectivity index (χ1) is 8.97. The quantitative estimate of drug-likeness (QED) is 0.840. The van der Waals surface area contributed by atoms with E-state index in [0.29, 0.717) is 5.69 Å². The molecule has 0 aliphatic rings. The minimum Gasteiger partial charge on any atom is -0.399 e. The van der Waals surface area contributed by atoms with Crippen LogP contribution in [0.5, 0.6) is 0 Å². The summed E-state index contributed by atoms with van der Waals surface area (Å²) in [5.41, 5.74) is 6.93. The van der Waals surface area contributed by atoms with E-state index in [4.69, 9.17) is 5.73 Å². The summed E-state index contributed by atoms with van der Waals surface area (Å²) in [6.07, 6.45) is 0. The van der Waals surface area contributed by atoms with Crippen molar-refractivity contribution >= 4 is 15.7 Å². The zero-order valence-corrected chi connectivity index (χ0v) is 10.8. The zero-order chi connectivity index (χ0) is 13.9. The van der Waals surface area contributed by atoms with Crippen LogP contribution < -0.4 is 10.5 Å². The fourth-order valence-electron chi connectivity index (χ4n) is 1.58. The normalized spacial score (nSPS) is 11.4. The van der Waals surface area contributed by atoms with Crippen molar-refractivity contribution in [2.24, 2.45) is 0 Å². The highest BCUT2D eigenvalue weighted by atomic mass is 32.2. The first kappa shape index (κ1) is 13.5. The van der Waals surface area contributed by atoms with Gasteiger partial charge in [-0.05, 0) is 42.0 Å². The predicted octanol–water partition coefficient (Wildman–Crippen LogP) is 1.89. The third-order valence-electron chi connectivity index (χ3n) is 2.54. The fourth-order valence-corrected chi connectivity index (χ4v) is 2.60. The molecule has 0 amide bonds. The van der Waals surface area contributed by atoms with Gasteiger partial charge in [0.05, 0.1) is 4.90 Å². The third-order valence-corrected chi connectivity index (χ3v) is 3.96. The maximum Gasteiger partial charge on any atom is 0.240 e. The van der Waals surface area contributed by atoms with Gasteiger partial charge in [0.25, 0.3) is 0 Å². The molecule has 2 rings (SSSR count). The molecular formula is C13H13FN2O2S. The average Bonchev–Trinajstić information content (AvgIpc) is 2.37. The van der Waals surface area contributed by atoms with Crippen molar-refractivity contribution in [2.75, 3.05) is 5.73 Å². The fraction of sp³-hybridized carbons (Fsp3) is 0.0769. The number of rotatable bonds is 4. The Morgan fingerprint density at radius 2 is 1.79 bits per heavy atom. The van der Waals surface area contributed by atoms with E-state index in [2.05, 4.69) is 4.72 Å². The molecule has 6 heteroatoms. The number of nitrogens with one attached hydrogen (secondary N) is 1. The Hall–Kier alpha value is -1.92. The van der Waals surface area contributed by atoms with Gasteiger partial charge in [-0.1, -0.05) is 12.1 Å². The molecule has 3 N–H and O–H groups in total. The van der Waals surface area contributed by atoms with Gasteiger partial charge in [0.15, 0.2) is 0 Å². The van der Waals surface area contributed by atoms with Crippen LogP contribution in [-0.2, 0) is 16.6 Å². The molecule has 0 radical (unpaired) electrons. The maximum absolute atomic E-state index is 12.7. The Balaban J connectivity index is 2.12. The number of nitrogens with two attached hydrogens (primary N) is 1. The molecule has 0 saturated carbocycles. The molecule has 100 valence electrons. The maximum atomic E-state index is 12.7. The molecule has 0 unspecified atom stereocenters. The zero-order valence-electron chi connectivity index (χ0n) is 10.0. The smallest absolute Gasteiger partial charge is 0.240 e. The van der Waals surface area contributed by atoms with Crippen LogP contribution >= 0.6 is 0 Å². The monoisotopic (exact) mass is 280 g/mol. The van der Waals surface area contributed by atoms with Crippen molar-refractivity contribution in [3.63, 3.8) is 0 Å². The van der Waals surface area contributed by atoms with Crippen molar-refractivity contribution < 1.29 is 12.8 Å². The van der Waals surface area contributed by atoms with Crippen molar-refractivity contribution in [2.45, 2.75) is 11.4 Å². The first-order valence-corrected chi connectivity index (χ1v) is 7.05. The molecule has 4 nitrogen and oxygen atoms in total.